The van der Waals surface area contributed by atoms with Crippen molar-refractivity contribution in [3.05, 3.63) is 24.4 Å². The molecule has 6 nitrogen and oxygen atoms in total. The lowest BCUT2D eigenvalue weighted by Gasteiger charge is -2.35. The summed E-state index contributed by atoms with van der Waals surface area (Å²) in [6, 6.07) is 6.18. The lowest BCUT2D eigenvalue weighted by Crippen LogP contribution is -2.49. The van der Waals surface area contributed by atoms with Gasteiger partial charge in [0.2, 0.25) is 5.91 Å². The Labute approximate surface area is 137 Å². The molecular formula is C17H26N4O2. The van der Waals surface area contributed by atoms with Crippen LogP contribution in [0.25, 0.3) is 0 Å². The first-order chi connectivity index (χ1) is 11.3. The Kier molecular flexibility index (Phi) is 5.46. The number of aromatic nitrogens is 1. The first-order valence-corrected chi connectivity index (χ1v) is 8.56. The van der Waals surface area contributed by atoms with Crippen LogP contribution >= 0.6 is 0 Å². The number of nitrogens with zero attached hydrogens (tertiary/aromatic N) is 4. The smallest absolute Gasteiger partial charge is 0.223 e. The highest BCUT2D eigenvalue weighted by Gasteiger charge is 2.26. The molecule has 0 radical (unpaired) electrons. The SMILES string of the molecule is O=C(CCN1CCC[C@H]1CO)N1CCN(c2ccccn2)CC1. The van der Waals surface area contributed by atoms with Crippen LogP contribution < -0.4 is 4.90 Å². The molecule has 1 atom stereocenters. The maximum atomic E-state index is 12.4. The summed E-state index contributed by atoms with van der Waals surface area (Å²) < 4.78 is 0. The molecule has 1 aromatic rings. The van der Waals surface area contributed by atoms with E-state index in [9.17, 15) is 9.90 Å². The molecule has 3 heterocycles. The molecule has 2 aliphatic rings. The maximum absolute atomic E-state index is 12.4. The largest absolute Gasteiger partial charge is 0.395 e. The van der Waals surface area contributed by atoms with E-state index in [1.54, 1.807) is 6.20 Å². The van der Waals surface area contributed by atoms with Crippen molar-refractivity contribution >= 4 is 11.7 Å². The topological polar surface area (TPSA) is 59.9 Å². The zero-order valence-electron chi connectivity index (χ0n) is 13.6. The number of carbonyl (C=O) groups is 1. The molecule has 1 aromatic heterocycles. The second-order valence-electron chi connectivity index (χ2n) is 6.32. The zero-order valence-corrected chi connectivity index (χ0v) is 13.6. The lowest BCUT2D eigenvalue weighted by atomic mass is 10.2. The van der Waals surface area contributed by atoms with Gasteiger partial charge in [-0.2, -0.15) is 0 Å². The number of rotatable bonds is 5. The number of aliphatic hydroxyl groups is 1. The average molecular weight is 318 g/mol. The number of anilines is 1. The molecule has 2 saturated heterocycles. The van der Waals surface area contributed by atoms with Crippen molar-refractivity contribution in [1.82, 2.24) is 14.8 Å². The molecule has 6 heteroatoms. The van der Waals surface area contributed by atoms with Crippen molar-refractivity contribution in [2.75, 3.05) is 50.8 Å². The second kappa shape index (κ2) is 7.75. The molecule has 0 bridgehead atoms. The Morgan fingerprint density at radius 1 is 1.22 bits per heavy atom. The van der Waals surface area contributed by atoms with Gasteiger partial charge in [0.15, 0.2) is 0 Å². The van der Waals surface area contributed by atoms with Gasteiger partial charge in [-0.15, -0.1) is 0 Å². The van der Waals surface area contributed by atoms with E-state index in [1.807, 2.05) is 23.1 Å². The molecule has 0 aliphatic carbocycles. The summed E-state index contributed by atoms with van der Waals surface area (Å²) in [6.45, 7) is 5.18. The fourth-order valence-corrected chi connectivity index (χ4v) is 3.52. The molecule has 126 valence electrons. The van der Waals surface area contributed by atoms with Crippen LogP contribution in [0.4, 0.5) is 5.82 Å². The Morgan fingerprint density at radius 2 is 2.04 bits per heavy atom. The number of amides is 1. The van der Waals surface area contributed by atoms with Crippen LogP contribution in [0.15, 0.2) is 24.4 Å². The summed E-state index contributed by atoms with van der Waals surface area (Å²) in [5, 5.41) is 9.34. The monoisotopic (exact) mass is 318 g/mol. The number of aliphatic hydroxyl groups excluding tert-OH is 1. The molecule has 0 unspecified atom stereocenters. The van der Waals surface area contributed by atoms with Crippen LogP contribution in [0, 0.1) is 0 Å². The van der Waals surface area contributed by atoms with Gasteiger partial charge < -0.3 is 14.9 Å². The van der Waals surface area contributed by atoms with Crippen molar-refractivity contribution in [3.63, 3.8) is 0 Å². The van der Waals surface area contributed by atoms with E-state index in [4.69, 9.17) is 0 Å². The molecule has 1 N–H and O–H groups in total. The van der Waals surface area contributed by atoms with E-state index < -0.39 is 0 Å². The Hall–Kier alpha value is -1.66. The molecule has 0 spiro atoms. The van der Waals surface area contributed by atoms with E-state index >= 15 is 0 Å². The summed E-state index contributed by atoms with van der Waals surface area (Å²) in [6.07, 6.45) is 4.54. The highest BCUT2D eigenvalue weighted by atomic mass is 16.3. The predicted octanol–water partition coefficient (Wildman–Crippen LogP) is 0.577. The lowest BCUT2D eigenvalue weighted by molar-refractivity contribution is -0.131. The van der Waals surface area contributed by atoms with Gasteiger partial charge in [-0.3, -0.25) is 9.69 Å². The third-order valence-corrected chi connectivity index (χ3v) is 4.93. The third kappa shape index (κ3) is 4.00. The molecular weight excluding hydrogens is 292 g/mol. The summed E-state index contributed by atoms with van der Waals surface area (Å²) in [7, 11) is 0. The fraction of sp³-hybridized carbons (Fsp3) is 0.647. The minimum Gasteiger partial charge on any atom is -0.395 e. The van der Waals surface area contributed by atoms with Crippen LogP contribution in [0.1, 0.15) is 19.3 Å². The Bertz CT molecular complexity index is 503. The minimum absolute atomic E-state index is 0.205. The number of hydrogen-bond donors (Lipinski definition) is 1. The standard InChI is InChI=1S/C17H26N4O2/c22-14-15-4-3-8-19(15)9-6-17(23)21-12-10-20(11-13-21)16-5-1-2-7-18-16/h1-2,5,7,15,22H,3-4,6,8-14H2/t15-/m0/s1. The van der Waals surface area contributed by atoms with Crippen LogP contribution in [-0.4, -0.2) is 77.7 Å². The molecule has 2 aliphatic heterocycles. The average Bonchev–Trinajstić information content (AvgIpc) is 3.08. The molecule has 0 aromatic carbocycles. The molecule has 0 saturated carbocycles. The molecule has 1 amide bonds. The zero-order chi connectivity index (χ0) is 16.1. The third-order valence-electron chi connectivity index (χ3n) is 4.93. The van der Waals surface area contributed by atoms with Gasteiger partial charge in [-0.05, 0) is 31.5 Å². The van der Waals surface area contributed by atoms with Gasteiger partial charge in [-0.25, -0.2) is 4.98 Å². The first-order valence-electron chi connectivity index (χ1n) is 8.56. The summed E-state index contributed by atoms with van der Waals surface area (Å²) in [5.41, 5.74) is 0. The summed E-state index contributed by atoms with van der Waals surface area (Å²) in [4.78, 5) is 23.2. The van der Waals surface area contributed by atoms with Crippen molar-refractivity contribution in [2.45, 2.75) is 25.3 Å². The van der Waals surface area contributed by atoms with Crippen LogP contribution in [0.2, 0.25) is 0 Å². The molecule has 2 fully saturated rings. The van der Waals surface area contributed by atoms with E-state index in [0.717, 1.165) is 57.9 Å². The minimum atomic E-state index is 0.205. The van der Waals surface area contributed by atoms with Crippen molar-refractivity contribution < 1.29 is 9.90 Å². The van der Waals surface area contributed by atoms with E-state index in [2.05, 4.69) is 14.8 Å². The molecule has 3 rings (SSSR count). The molecule has 23 heavy (non-hydrogen) atoms. The van der Waals surface area contributed by atoms with Crippen LogP contribution in [-0.2, 0) is 4.79 Å². The number of piperazine rings is 1. The van der Waals surface area contributed by atoms with Gasteiger partial charge in [0, 0.05) is 51.4 Å². The highest BCUT2D eigenvalue weighted by molar-refractivity contribution is 5.76. The second-order valence-corrected chi connectivity index (χ2v) is 6.32. The summed E-state index contributed by atoms with van der Waals surface area (Å²) in [5.74, 6) is 1.22. The number of hydrogen-bond acceptors (Lipinski definition) is 5. The number of pyridine rings is 1. The van der Waals surface area contributed by atoms with Gasteiger partial charge >= 0.3 is 0 Å². The van der Waals surface area contributed by atoms with Crippen LogP contribution in [0.5, 0.6) is 0 Å². The van der Waals surface area contributed by atoms with E-state index in [0.29, 0.717) is 6.42 Å². The Balaban J connectivity index is 1.43. The Morgan fingerprint density at radius 3 is 2.74 bits per heavy atom. The maximum Gasteiger partial charge on any atom is 0.223 e. The highest BCUT2D eigenvalue weighted by Crippen LogP contribution is 2.17. The normalized spacial score (nSPS) is 22.6. The van der Waals surface area contributed by atoms with Gasteiger partial charge in [0.1, 0.15) is 5.82 Å². The quantitative estimate of drug-likeness (QED) is 0.860. The van der Waals surface area contributed by atoms with E-state index in [-0.39, 0.29) is 18.6 Å². The van der Waals surface area contributed by atoms with Gasteiger partial charge in [0.05, 0.1) is 6.61 Å². The van der Waals surface area contributed by atoms with Gasteiger partial charge in [-0.1, -0.05) is 6.07 Å². The van der Waals surface area contributed by atoms with Crippen molar-refractivity contribution in [3.8, 4) is 0 Å². The van der Waals surface area contributed by atoms with Crippen molar-refractivity contribution in [2.24, 2.45) is 0 Å². The van der Waals surface area contributed by atoms with Gasteiger partial charge in [0.25, 0.3) is 0 Å². The van der Waals surface area contributed by atoms with Crippen molar-refractivity contribution in [1.29, 1.82) is 0 Å². The summed E-state index contributed by atoms with van der Waals surface area (Å²) >= 11 is 0. The fourth-order valence-electron chi connectivity index (χ4n) is 3.52. The van der Waals surface area contributed by atoms with E-state index in [1.165, 1.54) is 0 Å². The number of likely N-dealkylation sites (tertiary alicyclic amines) is 1. The van der Waals surface area contributed by atoms with Crippen LogP contribution in [0.3, 0.4) is 0 Å². The first kappa shape index (κ1) is 16.2. The number of carbonyl (C=O) groups excluding carboxylic acids is 1. The predicted molar refractivity (Wildman–Crippen MR) is 89.3 cm³/mol.